The summed E-state index contributed by atoms with van der Waals surface area (Å²) in [7, 11) is 0. The maximum atomic E-state index is 6.23. The Morgan fingerprint density at radius 1 is 1.00 bits per heavy atom. The molecule has 0 unspecified atom stereocenters. The Bertz CT molecular complexity index is 121. The maximum Gasteiger partial charge on any atom is 0.0149 e. The van der Waals surface area contributed by atoms with E-state index in [4.69, 9.17) is 5.73 Å². The third-order valence-corrected chi connectivity index (χ3v) is 4.24. The van der Waals surface area contributed by atoms with Crippen LogP contribution in [0.1, 0.15) is 59.3 Å². The van der Waals surface area contributed by atoms with E-state index in [-0.39, 0.29) is 5.54 Å². The van der Waals surface area contributed by atoms with Crippen molar-refractivity contribution in [2.45, 2.75) is 64.8 Å². The molecule has 1 nitrogen and oxygen atoms in total. The summed E-state index contributed by atoms with van der Waals surface area (Å²) in [5.74, 6) is 2.63. The summed E-state index contributed by atoms with van der Waals surface area (Å²) in [6.45, 7) is 6.65. The minimum Gasteiger partial charge on any atom is -0.325 e. The Hall–Kier alpha value is 0.310. The monoisotopic (exact) mass is 217 g/mol. The Kier molecular flexibility index (Phi) is 8.80. The van der Waals surface area contributed by atoms with E-state index >= 15 is 0 Å². The lowest BCUT2D eigenvalue weighted by Gasteiger charge is -2.26. The predicted molar refractivity (Wildman–Crippen MR) is 69.0 cm³/mol. The summed E-state index contributed by atoms with van der Waals surface area (Å²) >= 11 is 2.08. The first-order valence-electron chi connectivity index (χ1n) is 6.05. The van der Waals surface area contributed by atoms with Crippen LogP contribution in [0.4, 0.5) is 0 Å². The average molecular weight is 217 g/mol. The third kappa shape index (κ3) is 6.72. The number of thioether (sulfide) groups is 1. The van der Waals surface area contributed by atoms with Gasteiger partial charge in [0.05, 0.1) is 0 Å². The fourth-order valence-electron chi connectivity index (χ4n) is 1.53. The molecule has 0 spiro atoms. The van der Waals surface area contributed by atoms with Crippen LogP contribution in [-0.4, -0.2) is 17.0 Å². The largest absolute Gasteiger partial charge is 0.325 e. The van der Waals surface area contributed by atoms with E-state index < -0.39 is 0 Å². The molecule has 0 bridgehead atoms. The molecule has 86 valence electrons. The highest BCUT2D eigenvalue weighted by Crippen LogP contribution is 2.19. The zero-order valence-corrected chi connectivity index (χ0v) is 11.0. The van der Waals surface area contributed by atoms with Gasteiger partial charge in [-0.3, -0.25) is 0 Å². The second-order valence-electron chi connectivity index (χ2n) is 4.14. The van der Waals surface area contributed by atoms with Crippen LogP contribution < -0.4 is 5.73 Å². The highest BCUT2D eigenvalue weighted by molar-refractivity contribution is 7.99. The van der Waals surface area contributed by atoms with E-state index in [9.17, 15) is 0 Å². The highest BCUT2D eigenvalue weighted by atomic mass is 32.2. The van der Waals surface area contributed by atoms with Gasteiger partial charge in [0.15, 0.2) is 0 Å². The van der Waals surface area contributed by atoms with Crippen molar-refractivity contribution in [2.24, 2.45) is 5.73 Å². The fourth-order valence-corrected chi connectivity index (χ4v) is 2.43. The molecule has 0 radical (unpaired) electrons. The SMILES string of the molecule is CCCSCCCCC(N)(CC)CC. The Morgan fingerprint density at radius 3 is 2.14 bits per heavy atom. The molecule has 0 aromatic heterocycles. The molecule has 2 N–H and O–H groups in total. The summed E-state index contributed by atoms with van der Waals surface area (Å²) in [5.41, 5.74) is 6.35. The lowest BCUT2D eigenvalue weighted by molar-refractivity contribution is 0.356. The van der Waals surface area contributed by atoms with Crippen molar-refractivity contribution in [3.63, 3.8) is 0 Å². The molecule has 0 heterocycles. The first-order chi connectivity index (χ1) is 6.68. The van der Waals surface area contributed by atoms with E-state index in [1.54, 1.807) is 0 Å². The summed E-state index contributed by atoms with van der Waals surface area (Å²) in [6.07, 6.45) is 7.37. The molecule has 0 atom stereocenters. The van der Waals surface area contributed by atoms with Gasteiger partial charge in [-0.25, -0.2) is 0 Å². The van der Waals surface area contributed by atoms with Gasteiger partial charge < -0.3 is 5.73 Å². The highest BCUT2D eigenvalue weighted by Gasteiger charge is 2.18. The minimum atomic E-state index is 0.120. The van der Waals surface area contributed by atoms with Gasteiger partial charge in [0.25, 0.3) is 0 Å². The summed E-state index contributed by atoms with van der Waals surface area (Å²) in [4.78, 5) is 0. The first kappa shape index (κ1) is 14.3. The molecule has 0 aromatic carbocycles. The summed E-state index contributed by atoms with van der Waals surface area (Å²) in [5, 5.41) is 0. The van der Waals surface area contributed by atoms with Crippen molar-refractivity contribution < 1.29 is 0 Å². The Morgan fingerprint density at radius 2 is 1.64 bits per heavy atom. The van der Waals surface area contributed by atoms with Crippen LogP contribution >= 0.6 is 11.8 Å². The predicted octanol–water partition coefficient (Wildman–Crippen LogP) is 3.82. The maximum absolute atomic E-state index is 6.23. The second kappa shape index (κ2) is 8.60. The normalized spacial score (nSPS) is 12.0. The zero-order chi connectivity index (χ0) is 10.9. The second-order valence-corrected chi connectivity index (χ2v) is 5.36. The lowest BCUT2D eigenvalue weighted by atomic mass is 9.88. The summed E-state index contributed by atoms with van der Waals surface area (Å²) in [6, 6.07) is 0. The Balaban J connectivity index is 3.34. The van der Waals surface area contributed by atoms with Gasteiger partial charge >= 0.3 is 0 Å². The molecule has 0 aliphatic rings. The summed E-state index contributed by atoms with van der Waals surface area (Å²) < 4.78 is 0. The first-order valence-corrected chi connectivity index (χ1v) is 7.20. The van der Waals surface area contributed by atoms with Gasteiger partial charge in [-0.1, -0.05) is 27.2 Å². The van der Waals surface area contributed by atoms with E-state index in [2.05, 4.69) is 32.5 Å². The molecule has 0 aliphatic carbocycles. The number of hydrogen-bond donors (Lipinski definition) is 1. The van der Waals surface area contributed by atoms with Crippen molar-refractivity contribution in [1.29, 1.82) is 0 Å². The molecule has 0 aromatic rings. The standard InChI is InChI=1S/C12H27NS/c1-4-10-14-11-8-7-9-12(13,5-2)6-3/h4-11,13H2,1-3H3. The molecule has 0 saturated carbocycles. The fraction of sp³-hybridized carbons (Fsp3) is 1.00. The van der Waals surface area contributed by atoms with Crippen LogP contribution in [0.5, 0.6) is 0 Å². The average Bonchev–Trinajstić information content (AvgIpc) is 2.23. The quantitative estimate of drug-likeness (QED) is 0.594. The van der Waals surface area contributed by atoms with Gasteiger partial charge in [-0.15, -0.1) is 0 Å². The van der Waals surface area contributed by atoms with Crippen molar-refractivity contribution >= 4 is 11.8 Å². The van der Waals surface area contributed by atoms with Gasteiger partial charge in [0.2, 0.25) is 0 Å². The number of hydrogen-bond acceptors (Lipinski definition) is 2. The van der Waals surface area contributed by atoms with Gasteiger partial charge in [0.1, 0.15) is 0 Å². The topological polar surface area (TPSA) is 26.0 Å². The molecule has 2 heteroatoms. The zero-order valence-electron chi connectivity index (χ0n) is 10.1. The molecule has 0 amide bonds. The van der Waals surface area contributed by atoms with Gasteiger partial charge in [-0.2, -0.15) is 11.8 Å². The number of unbranched alkanes of at least 4 members (excludes halogenated alkanes) is 1. The Labute approximate surface area is 94.2 Å². The van der Waals surface area contributed by atoms with E-state index in [0.717, 1.165) is 12.8 Å². The van der Waals surface area contributed by atoms with Crippen LogP contribution in [0, 0.1) is 0 Å². The van der Waals surface area contributed by atoms with Crippen LogP contribution in [0.15, 0.2) is 0 Å². The van der Waals surface area contributed by atoms with Crippen LogP contribution in [0.25, 0.3) is 0 Å². The molecule has 0 aliphatic heterocycles. The molecule has 0 saturated heterocycles. The van der Waals surface area contributed by atoms with Crippen LogP contribution in [-0.2, 0) is 0 Å². The smallest absolute Gasteiger partial charge is 0.0149 e. The molecule has 0 fully saturated rings. The molecular weight excluding hydrogens is 190 g/mol. The van der Waals surface area contributed by atoms with Crippen molar-refractivity contribution in [3.8, 4) is 0 Å². The minimum absolute atomic E-state index is 0.120. The lowest BCUT2D eigenvalue weighted by Crippen LogP contribution is -2.38. The van der Waals surface area contributed by atoms with Crippen LogP contribution in [0.2, 0.25) is 0 Å². The molecule has 0 rings (SSSR count). The van der Waals surface area contributed by atoms with E-state index in [1.165, 1.54) is 37.2 Å². The van der Waals surface area contributed by atoms with Gasteiger partial charge in [-0.05, 0) is 43.6 Å². The van der Waals surface area contributed by atoms with Crippen molar-refractivity contribution in [1.82, 2.24) is 0 Å². The van der Waals surface area contributed by atoms with Crippen LogP contribution in [0.3, 0.4) is 0 Å². The number of rotatable bonds is 9. The third-order valence-electron chi connectivity index (χ3n) is 2.97. The van der Waals surface area contributed by atoms with E-state index in [1.807, 2.05) is 0 Å². The molecule has 14 heavy (non-hydrogen) atoms. The molecular formula is C12H27NS. The van der Waals surface area contributed by atoms with Gasteiger partial charge in [0, 0.05) is 5.54 Å². The number of nitrogens with two attached hydrogens (primary N) is 1. The van der Waals surface area contributed by atoms with E-state index in [0.29, 0.717) is 0 Å². The van der Waals surface area contributed by atoms with Crippen molar-refractivity contribution in [3.05, 3.63) is 0 Å². The van der Waals surface area contributed by atoms with Crippen molar-refractivity contribution in [2.75, 3.05) is 11.5 Å².